The van der Waals surface area contributed by atoms with Crippen molar-refractivity contribution < 1.29 is 10.0 Å². The van der Waals surface area contributed by atoms with Crippen molar-refractivity contribution >= 4 is 11.5 Å². The largest absolute Gasteiger partial charge is 0.411 e. The number of aromatic nitrogens is 2. The molecule has 1 aliphatic carbocycles. The molecule has 0 aliphatic heterocycles. The van der Waals surface area contributed by atoms with E-state index in [4.69, 9.17) is 0 Å². The first-order valence-corrected chi connectivity index (χ1v) is 6.87. The molecule has 108 valence electrons. The number of aryl methyl sites for hydroxylation is 1. The molecule has 5 heteroatoms. The van der Waals surface area contributed by atoms with Gasteiger partial charge in [-0.2, -0.15) is 5.10 Å². The lowest BCUT2D eigenvalue weighted by Crippen LogP contribution is -2.39. The Bertz CT molecular complexity index is 742. The molecule has 1 heterocycles. The molecule has 0 saturated heterocycles. The second-order valence-corrected chi connectivity index (χ2v) is 5.99. The Morgan fingerprint density at radius 1 is 1.29 bits per heavy atom. The third kappa shape index (κ3) is 1.96. The van der Waals surface area contributed by atoms with Gasteiger partial charge in [0.2, 0.25) is 5.78 Å². The molecule has 5 nitrogen and oxygen atoms in total. The van der Waals surface area contributed by atoms with E-state index in [1.54, 1.807) is 0 Å². The fourth-order valence-corrected chi connectivity index (χ4v) is 2.93. The standard InChI is InChI=1S/C16H17N3O2/c1-10-13-12(9-16(2,3)15(18-21)14(13)20)19(17-10)11-7-5-4-6-8-11/h4-8,21H,9H2,1-3H3/b18-15-. The minimum absolute atomic E-state index is 0.200. The summed E-state index contributed by atoms with van der Waals surface area (Å²) < 4.78 is 1.82. The highest BCUT2D eigenvalue weighted by atomic mass is 16.4. The Labute approximate surface area is 122 Å². The molecule has 0 spiro atoms. The highest BCUT2D eigenvalue weighted by Crippen LogP contribution is 2.35. The minimum atomic E-state index is -0.516. The molecule has 2 aromatic rings. The summed E-state index contributed by atoms with van der Waals surface area (Å²) in [5, 5.41) is 16.9. The van der Waals surface area contributed by atoms with Gasteiger partial charge in [-0.1, -0.05) is 37.2 Å². The number of para-hydroxylation sites is 1. The molecule has 0 radical (unpaired) electrons. The first kappa shape index (κ1) is 13.5. The molecule has 0 amide bonds. The molecule has 21 heavy (non-hydrogen) atoms. The summed E-state index contributed by atoms with van der Waals surface area (Å²) in [5.41, 5.74) is 2.71. The zero-order valence-electron chi connectivity index (χ0n) is 12.3. The van der Waals surface area contributed by atoms with E-state index in [2.05, 4.69) is 10.3 Å². The molecule has 0 bridgehead atoms. The molecular weight excluding hydrogens is 266 g/mol. The lowest BCUT2D eigenvalue weighted by atomic mass is 9.74. The predicted molar refractivity (Wildman–Crippen MR) is 79.3 cm³/mol. The van der Waals surface area contributed by atoms with Crippen LogP contribution in [0.1, 0.15) is 35.6 Å². The van der Waals surface area contributed by atoms with Crippen LogP contribution < -0.4 is 0 Å². The molecule has 1 aromatic heterocycles. The first-order chi connectivity index (χ1) is 9.95. The van der Waals surface area contributed by atoms with Crippen molar-refractivity contribution in [2.45, 2.75) is 27.2 Å². The summed E-state index contributed by atoms with van der Waals surface area (Å²) >= 11 is 0. The van der Waals surface area contributed by atoms with Gasteiger partial charge in [0.05, 0.1) is 22.6 Å². The van der Waals surface area contributed by atoms with E-state index in [1.807, 2.05) is 55.8 Å². The van der Waals surface area contributed by atoms with Crippen LogP contribution in [0.15, 0.2) is 35.5 Å². The average Bonchev–Trinajstić information content (AvgIpc) is 2.76. The summed E-state index contributed by atoms with van der Waals surface area (Å²) in [6.07, 6.45) is 0.600. The van der Waals surface area contributed by atoms with Gasteiger partial charge < -0.3 is 5.21 Å². The van der Waals surface area contributed by atoms with E-state index in [9.17, 15) is 10.0 Å². The van der Waals surface area contributed by atoms with Crippen LogP contribution in [-0.4, -0.2) is 26.5 Å². The topological polar surface area (TPSA) is 67.5 Å². The second-order valence-electron chi connectivity index (χ2n) is 5.99. The fourth-order valence-electron chi connectivity index (χ4n) is 2.93. The van der Waals surface area contributed by atoms with Crippen molar-refractivity contribution in [3.8, 4) is 5.69 Å². The van der Waals surface area contributed by atoms with Gasteiger partial charge in [0.15, 0.2) is 0 Å². The van der Waals surface area contributed by atoms with Crippen LogP contribution in [0.25, 0.3) is 5.69 Å². The van der Waals surface area contributed by atoms with Crippen molar-refractivity contribution in [3.05, 3.63) is 47.3 Å². The Hall–Kier alpha value is -2.43. The number of carbonyl (C=O) groups is 1. The van der Waals surface area contributed by atoms with E-state index in [0.29, 0.717) is 17.7 Å². The zero-order valence-corrected chi connectivity index (χ0v) is 12.3. The number of fused-ring (bicyclic) bond motifs is 1. The lowest BCUT2D eigenvalue weighted by molar-refractivity contribution is 0.104. The number of oxime groups is 1. The first-order valence-electron chi connectivity index (χ1n) is 6.87. The number of hydrogen-bond donors (Lipinski definition) is 1. The molecule has 1 N–H and O–H groups in total. The number of hydrogen-bond acceptors (Lipinski definition) is 4. The monoisotopic (exact) mass is 283 g/mol. The van der Waals surface area contributed by atoms with Crippen molar-refractivity contribution in [2.24, 2.45) is 10.6 Å². The van der Waals surface area contributed by atoms with Crippen molar-refractivity contribution in [2.75, 3.05) is 0 Å². The van der Waals surface area contributed by atoms with E-state index in [-0.39, 0.29) is 11.5 Å². The van der Waals surface area contributed by atoms with Crippen LogP contribution in [-0.2, 0) is 6.42 Å². The van der Waals surface area contributed by atoms with Crippen LogP contribution in [0, 0.1) is 12.3 Å². The van der Waals surface area contributed by atoms with Gasteiger partial charge >= 0.3 is 0 Å². The molecule has 1 aromatic carbocycles. The van der Waals surface area contributed by atoms with Gasteiger partial charge in [-0.3, -0.25) is 4.79 Å². The number of benzene rings is 1. The summed E-state index contributed by atoms with van der Waals surface area (Å²) in [6.45, 7) is 5.62. The second kappa shape index (κ2) is 4.55. The SMILES string of the molecule is Cc1nn(-c2ccccc2)c2c1C(=O)/C(=N/O)C(C)(C)C2. The van der Waals surface area contributed by atoms with E-state index in [0.717, 1.165) is 11.4 Å². The van der Waals surface area contributed by atoms with Gasteiger partial charge in [-0.05, 0) is 19.1 Å². The smallest absolute Gasteiger partial charge is 0.214 e. The van der Waals surface area contributed by atoms with E-state index >= 15 is 0 Å². The Kier molecular flexibility index (Phi) is 2.93. The van der Waals surface area contributed by atoms with Gasteiger partial charge in [-0.15, -0.1) is 0 Å². The summed E-state index contributed by atoms with van der Waals surface area (Å²) in [7, 11) is 0. The molecular formula is C16H17N3O2. The number of Topliss-reactive ketones (excluding diaryl/α,β-unsaturated/α-hetero) is 1. The molecule has 3 rings (SSSR count). The lowest BCUT2D eigenvalue weighted by Gasteiger charge is -2.29. The average molecular weight is 283 g/mol. The van der Waals surface area contributed by atoms with E-state index < -0.39 is 5.41 Å². The minimum Gasteiger partial charge on any atom is -0.411 e. The van der Waals surface area contributed by atoms with Crippen LogP contribution in [0.3, 0.4) is 0 Å². The van der Waals surface area contributed by atoms with Crippen molar-refractivity contribution in [3.63, 3.8) is 0 Å². The fraction of sp³-hybridized carbons (Fsp3) is 0.312. The van der Waals surface area contributed by atoms with Gasteiger partial charge in [0.1, 0.15) is 5.71 Å². The van der Waals surface area contributed by atoms with Crippen LogP contribution in [0.4, 0.5) is 0 Å². The maximum atomic E-state index is 12.6. The Balaban J connectivity index is 2.24. The van der Waals surface area contributed by atoms with Gasteiger partial charge in [0, 0.05) is 11.8 Å². The predicted octanol–water partition coefficient (Wildman–Crippen LogP) is 2.78. The number of ketones is 1. The Morgan fingerprint density at radius 2 is 1.95 bits per heavy atom. The highest BCUT2D eigenvalue weighted by Gasteiger charge is 2.42. The summed E-state index contributed by atoms with van der Waals surface area (Å²) in [6, 6.07) is 9.74. The van der Waals surface area contributed by atoms with Gasteiger partial charge in [0.25, 0.3) is 0 Å². The maximum absolute atomic E-state index is 12.6. The zero-order chi connectivity index (χ0) is 15.2. The van der Waals surface area contributed by atoms with Gasteiger partial charge in [-0.25, -0.2) is 4.68 Å². The van der Waals surface area contributed by atoms with Crippen LogP contribution in [0.2, 0.25) is 0 Å². The summed E-state index contributed by atoms with van der Waals surface area (Å²) in [5.74, 6) is -0.233. The van der Waals surface area contributed by atoms with Crippen LogP contribution >= 0.6 is 0 Å². The molecule has 0 atom stereocenters. The normalized spacial score (nSPS) is 18.8. The van der Waals surface area contributed by atoms with Crippen molar-refractivity contribution in [1.82, 2.24) is 9.78 Å². The molecule has 1 aliphatic rings. The Morgan fingerprint density at radius 3 is 2.57 bits per heavy atom. The molecule has 0 saturated carbocycles. The third-order valence-corrected chi connectivity index (χ3v) is 3.95. The quantitative estimate of drug-likeness (QED) is 0.646. The molecule has 0 fully saturated rings. The van der Waals surface area contributed by atoms with Crippen molar-refractivity contribution in [1.29, 1.82) is 0 Å². The summed E-state index contributed by atoms with van der Waals surface area (Å²) in [4.78, 5) is 12.6. The number of rotatable bonds is 1. The molecule has 0 unspecified atom stereocenters. The maximum Gasteiger partial charge on any atom is 0.214 e. The third-order valence-electron chi connectivity index (χ3n) is 3.95. The number of nitrogens with zero attached hydrogens (tertiary/aromatic N) is 3. The number of carbonyl (C=O) groups excluding carboxylic acids is 1. The van der Waals surface area contributed by atoms with E-state index in [1.165, 1.54) is 0 Å². The highest BCUT2D eigenvalue weighted by molar-refractivity contribution is 6.48. The van der Waals surface area contributed by atoms with Crippen LogP contribution in [0.5, 0.6) is 0 Å².